The molecule has 7 heteroatoms. The molecule has 0 fully saturated rings. The van der Waals surface area contributed by atoms with Crippen LogP contribution in [0, 0.1) is 11.6 Å². The monoisotopic (exact) mass is 258 g/mol. The number of urea groups is 1. The summed E-state index contributed by atoms with van der Waals surface area (Å²) < 4.78 is 26.0. The maximum atomic E-state index is 13.2. The molecule has 1 aromatic rings. The van der Waals surface area contributed by atoms with E-state index in [4.69, 9.17) is 5.11 Å². The Morgan fingerprint density at radius 2 is 1.94 bits per heavy atom. The molecule has 0 bridgehead atoms. The summed E-state index contributed by atoms with van der Waals surface area (Å²) in [5.74, 6) is -2.26. The van der Waals surface area contributed by atoms with E-state index in [1.165, 1.54) is 0 Å². The predicted molar refractivity (Wildman–Crippen MR) is 58.8 cm³/mol. The van der Waals surface area contributed by atoms with Crippen LogP contribution in [0.25, 0.3) is 0 Å². The second kappa shape index (κ2) is 6.53. The second-order valence-corrected chi connectivity index (χ2v) is 3.49. The van der Waals surface area contributed by atoms with Crippen molar-refractivity contribution in [1.29, 1.82) is 0 Å². The summed E-state index contributed by atoms with van der Waals surface area (Å²) in [5.41, 5.74) is 0.0170. The molecule has 0 spiro atoms. The van der Waals surface area contributed by atoms with E-state index in [-0.39, 0.29) is 25.1 Å². The van der Waals surface area contributed by atoms with Crippen LogP contribution in [0.5, 0.6) is 0 Å². The van der Waals surface area contributed by atoms with Crippen LogP contribution in [0.15, 0.2) is 18.2 Å². The first kappa shape index (κ1) is 13.9. The third kappa shape index (κ3) is 4.77. The molecule has 3 N–H and O–H groups in total. The van der Waals surface area contributed by atoms with Gasteiger partial charge in [0.05, 0.1) is 6.42 Å². The van der Waals surface area contributed by atoms with Crippen LogP contribution in [0.4, 0.5) is 13.6 Å². The van der Waals surface area contributed by atoms with E-state index in [9.17, 15) is 18.4 Å². The van der Waals surface area contributed by atoms with Gasteiger partial charge in [0.2, 0.25) is 0 Å². The van der Waals surface area contributed by atoms with Crippen molar-refractivity contribution in [3.05, 3.63) is 35.4 Å². The van der Waals surface area contributed by atoms with Gasteiger partial charge in [0.25, 0.3) is 0 Å². The highest BCUT2D eigenvalue weighted by atomic mass is 19.1. The molecule has 0 saturated carbocycles. The number of carbonyl (C=O) groups is 2. The number of amides is 2. The number of carboxylic acids is 1. The Labute approximate surface area is 102 Å². The van der Waals surface area contributed by atoms with E-state index in [1.54, 1.807) is 0 Å². The van der Waals surface area contributed by atoms with Gasteiger partial charge in [-0.05, 0) is 18.2 Å². The Morgan fingerprint density at radius 3 is 2.61 bits per heavy atom. The molecular formula is C11H12F2N2O3. The molecule has 0 heterocycles. The number of rotatable bonds is 5. The van der Waals surface area contributed by atoms with E-state index in [0.717, 1.165) is 18.2 Å². The molecule has 1 aromatic carbocycles. The average Bonchev–Trinajstić information content (AvgIpc) is 2.30. The van der Waals surface area contributed by atoms with Crippen LogP contribution < -0.4 is 10.6 Å². The molecule has 0 aliphatic rings. The van der Waals surface area contributed by atoms with E-state index in [2.05, 4.69) is 10.6 Å². The fraction of sp³-hybridized carbons (Fsp3) is 0.273. The van der Waals surface area contributed by atoms with Crippen molar-refractivity contribution < 1.29 is 23.5 Å². The quantitative estimate of drug-likeness (QED) is 0.743. The van der Waals surface area contributed by atoms with Crippen LogP contribution in [0.2, 0.25) is 0 Å². The number of hydrogen-bond donors (Lipinski definition) is 3. The predicted octanol–water partition coefficient (Wildman–Crippen LogP) is 1.24. The average molecular weight is 258 g/mol. The maximum Gasteiger partial charge on any atom is 0.315 e. The molecule has 2 amide bonds. The van der Waals surface area contributed by atoms with Crippen molar-refractivity contribution >= 4 is 12.0 Å². The van der Waals surface area contributed by atoms with Gasteiger partial charge in [0, 0.05) is 18.7 Å². The molecule has 0 aliphatic heterocycles. The van der Waals surface area contributed by atoms with Crippen LogP contribution in [-0.2, 0) is 11.3 Å². The van der Waals surface area contributed by atoms with Gasteiger partial charge in [-0.25, -0.2) is 13.6 Å². The molecule has 18 heavy (non-hydrogen) atoms. The lowest BCUT2D eigenvalue weighted by Gasteiger charge is -2.07. The van der Waals surface area contributed by atoms with Crippen LogP contribution in [0.1, 0.15) is 12.0 Å². The number of benzene rings is 1. The number of carbonyl (C=O) groups excluding carboxylic acids is 1. The topological polar surface area (TPSA) is 78.4 Å². The summed E-state index contributed by atoms with van der Waals surface area (Å²) in [4.78, 5) is 21.3. The normalized spacial score (nSPS) is 9.89. The Balaban J connectivity index is 2.38. The summed E-state index contributed by atoms with van der Waals surface area (Å²) in [7, 11) is 0. The van der Waals surface area contributed by atoms with Gasteiger partial charge < -0.3 is 15.7 Å². The minimum absolute atomic E-state index is 0.0170. The molecule has 0 saturated heterocycles. The lowest BCUT2D eigenvalue weighted by atomic mass is 10.2. The zero-order valence-corrected chi connectivity index (χ0v) is 9.37. The largest absolute Gasteiger partial charge is 0.481 e. The first-order chi connectivity index (χ1) is 8.49. The van der Waals surface area contributed by atoms with Crippen molar-refractivity contribution in [2.75, 3.05) is 6.54 Å². The van der Waals surface area contributed by atoms with Gasteiger partial charge in [-0.3, -0.25) is 4.79 Å². The summed E-state index contributed by atoms with van der Waals surface area (Å²) in [5, 5.41) is 12.9. The Kier molecular flexibility index (Phi) is 5.04. The minimum atomic E-state index is -1.04. The standard InChI is InChI=1S/C11H12F2N2O3/c12-8-1-2-9(13)7(5-8)6-15-11(18)14-4-3-10(16)17/h1-2,5H,3-4,6H2,(H,16,17)(H2,14,15,18). The third-order valence-electron chi connectivity index (χ3n) is 2.07. The fourth-order valence-electron chi connectivity index (χ4n) is 1.20. The number of hydrogen-bond acceptors (Lipinski definition) is 2. The van der Waals surface area contributed by atoms with Crippen molar-refractivity contribution in [2.24, 2.45) is 0 Å². The van der Waals surface area contributed by atoms with Crippen molar-refractivity contribution in [3.8, 4) is 0 Å². The summed E-state index contributed by atoms with van der Waals surface area (Å²) >= 11 is 0. The first-order valence-corrected chi connectivity index (χ1v) is 5.16. The van der Waals surface area contributed by atoms with Gasteiger partial charge in [-0.1, -0.05) is 0 Å². The highest BCUT2D eigenvalue weighted by molar-refractivity contribution is 5.74. The van der Waals surface area contributed by atoms with E-state index < -0.39 is 23.6 Å². The fourth-order valence-corrected chi connectivity index (χ4v) is 1.20. The van der Waals surface area contributed by atoms with E-state index in [0.29, 0.717) is 0 Å². The molecule has 0 atom stereocenters. The van der Waals surface area contributed by atoms with Crippen LogP contribution in [-0.4, -0.2) is 23.7 Å². The molecular weight excluding hydrogens is 246 g/mol. The maximum absolute atomic E-state index is 13.2. The molecule has 0 aliphatic carbocycles. The third-order valence-corrected chi connectivity index (χ3v) is 2.07. The lowest BCUT2D eigenvalue weighted by Crippen LogP contribution is -2.36. The lowest BCUT2D eigenvalue weighted by molar-refractivity contribution is -0.136. The number of halogens is 2. The Hall–Kier alpha value is -2.18. The van der Waals surface area contributed by atoms with Gasteiger partial charge >= 0.3 is 12.0 Å². The van der Waals surface area contributed by atoms with Crippen molar-refractivity contribution in [1.82, 2.24) is 10.6 Å². The van der Waals surface area contributed by atoms with E-state index >= 15 is 0 Å². The SMILES string of the molecule is O=C(O)CCNC(=O)NCc1cc(F)ccc1F. The van der Waals surface area contributed by atoms with Gasteiger partial charge in [0.1, 0.15) is 11.6 Å². The van der Waals surface area contributed by atoms with Crippen molar-refractivity contribution in [2.45, 2.75) is 13.0 Å². The van der Waals surface area contributed by atoms with Crippen LogP contribution in [0.3, 0.4) is 0 Å². The highest BCUT2D eigenvalue weighted by Gasteiger charge is 2.06. The van der Waals surface area contributed by atoms with E-state index in [1.807, 2.05) is 0 Å². The molecule has 98 valence electrons. The molecule has 0 radical (unpaired) electrons. The zero-order chi connectivity index (χ0) is 13.5. The molecule has 1 rings (SSSR count). The summed E-state index contributed by atoms with van der Waals surface area (Å²) in [6.07, 6.45) is -0.207. The Morgan fingerprint density at radius 1 is 1.22 bits per heavy atom. The van der Waals surface area contributed by atoms with Gasteiger partial charge in [0.15, 0.2) is 0 Å². The number of aliphatic carboxylic acids is 1. The van der Waals surface area contributed by atoms with Gasteiger partial charge in [-0.15, -0.1) is 0 Å². The summed E-state index contributed by atoms with van der Waals surface area (Å²) in [6, 6.07) is 2.28. The molecule has 0 unspecified atom stereocenters. The Bertz CT molecular complexity index is 452. The minimum Gasteiger partial charge on any atom is -0.481 e. The first-order valence-electron chi connectivity index (χ1n) is 5.16. The highest BCUT2D eigenvalue weighted by Crippen LogP contribution is 2.08. The van der Waals surface area contributed by atoms with Gasteiger partial charge in [-0.2, -0.15) is 0 Å². The zero-order valence-electron chi connectivity index (χ0n) is 9.37. The summed E-state index contributed by atoms with van der Waals surface area (Å²) in [6.45, 7) is -0.213. The smallest absolute Gasteiger partial charge is 0.315 e. The van der Waals surface area contributed by atoms with Crippen molar-refractivity contribution in [3.63, 3.8) is 0 Å². The molecule has 0 aromatic heterocycles. The molecule has 5 nitrogen and oxygen atoms in total. The second-order valence-electron chi connectivity index (χ2n) is 3.49. The van der Waals surface area contributed by atoms with Crippen LogP contribution >= 0.6 is 0 Å². The number of carboxylic acid groups (broad SMARTS) is 1. The number of nitrogens with one attached hydrogen (secondary N) is 2.